The second-order valence-corrected chi connectivity index (χ2v) is 6.12. The number of hydrogen-bond donors (Lipinski definition) is 0. The molecule has 2 aliphatic heterocycles. The molecule has 0 bridgehead atoms. The third-order valence-corrected chi connectivity index (χ3v) is 4.10. The van der Waals surface area contributed by atoms with E-state index in [0.717, 1.165) is 42.5 Å². The van der Waals surface area contributed by atoms with Crippen molar-refractivity contribution in [3.05, 3.63) is 34.1 Å². The van der Waals surface area contributed by atoms with E-state index in [-0.39, 0.29) is 5.82 Å². The molecule has 0 unspecified atom stereocenters. The molecule has 2 heterocycles. The Morgan fingerprint density at radius 1 is 1.26 bits per heavy atom. The van der Waals surface area contributed by atoms with Crippen molar-refractivity contribution in [1.29, 1.82) is 0 Å². The molecule has 3 nitrogen and oxygen atoms in total. The van der Waals surface area contributed by atoms with Crippen molar-refractivity contribution in [3.8, 4) is 0 Å². The molecular formula is C14H17BrFNO2. The van der Waals surface area contributed by atoms with E-state index in [0.29, 0.717) is 13.2 Å². The van der Waals surface area contributed by atoms with Crippen LogP contribution in [0.2, 0.25) is 0 Å². The molecule has 1 spiro atoms. The van der Waals surface area contributed by atoms with E-state index in [1.807, 2.05) is 6.07 Å². The van der Waals surface area contributed by atoms with Gasteiger partial charge in [0.2, 0.25) is 0 Å². The van der Waals surface area contributed by atoms with Gasteiger partial charge in [0.25, 0.3) is 0 Å². The van der Waals surface area contributed by atoms with E-state index in [2.05, 4.69) is 20.8 Å². The first-order valence-corrected chi connectivity index (χ1v) is 7.40. The van der Waals surface area contributed by atoms with Gasteiger partial charge in [-0.2, -0.15) is 0 Å². The minimum Gasteiger partial charge on any atom is -0.346 e. The molecule has 3 rings (SSSR count). The fourth-order valence-electron chi connectivity index (χ4n) is 2.90. The average Bonchev–Trinajstić information content (AvgIpc) is 2.76. The van der Waals surface area contributed by atoms with E-state index in [9.17, 15) is 4.39 Å². The molecule has 0 amide bonds. The summed E-state index contributed by atoms with van der Waals surface area (Å²) in [7, 11) is 0. The van der Waals surface area contributed by atoms with E-state index < -0.39 is 5.79 Å². The molecule has 2 aliphatic rings. The van der Waals surface area contributed by atoms with Crippen molar-refractivity contribution >= 4 is 15.9 Å². The Kier molecular flexibility index (Phi) is 3.89. The first-order valence-electron chi connectivity index (χ1n) is 6.60. The summed E-state index contributed by atoms with van der Waals surface area (Å²) >= 11 is 3.33. The maximum Gasteiger partial charge on any atom is 0.181 e. The number of ether oxygens (including phenoxy) is 2. The fourth-order valence-corrected chi connectivity index (χ4v) is 3.41. The average molecular weight is 330 g/mol. The van der Waals surface area contributed by atoms with Gasteiger partial charge in [0.1, 0.15) is 5.82 Å². The van der Waals surface area contributed by atoms with Crippen LogP contribution in [0.4, 0.5) is 4.39 Å². The summed E-state index contributed by atoms with van der Waals surface area (Å²) in [6.45, 7) is 3.85. The molecule has 0 radical (unpaired) electrons. The standard InChI is InChI=1S/C14H17BrFNO2/c15-12-6-11(7-13(16)8-12)9-17-3-1-2-14(10-17)18-4-5-19-14/h6-8H,1-5,9-10H2. The number of benzene rings is 1. The van der Waals surface area contributed by atoms with Crippen molar-refractivity contribution in [3.63, 3.8) is 0 Å². The van der Waals surface area contributed by atoms with Crippen LogP contribution in [-0.2, 0) is 16.0 Å². The van der Waals surface area contributed by atoms with Gasteiger partial charge in [0, 0.05) is 17.4 Å². The molecule has 19 heavy (non-hydrogen) atoms. The molecule has 1 aromatic rings. The Bertz CT molecular complexity index is 443. The number of rotatable bonds is 2. The highest BCUT2D eigenvalue weighted by atomic mass is 79.9. The predicted octanol–water partition coefficient (Wildman–Crippen LogP) is 2.93. The van der Waals surface area contributed by atoms with Crippen LogP contribution in [0.5, 0.6) is 0 Å². The molecule has 0 aliphatic carbocycles. The molecular weight excluding hydrogens is 313 g/mol. The van der Waals surface area contributed by atoms with Gasteiger partial charge in [-0.05, 0) is 36.7 Å². The fraction of sp³-hybridized carbons (Fsp3) is 0.571. The van der Waals surface area contributed by atoms with Gasteiger partial charge in [-0.1, -0.05) is 15.9 Å². The second-order valence-electron chi connectivity index (χ2n) is 5.20. The Morgan fingerprint density at radius 3 is 2.79 bits per heavy atom. The van der Waals surface area contributed by atoms with Gasteiger partial charge in [0.05, 0.1) is 19.8 Å². The molecule has 5 heteroatoms. The van der Waals surface area contributed by atoms with Crippen LogP contribution in [0.3, 0.4) is 0 Å². The Labute approximate surface area is 120 Å². The molecule has 2 saturated heterocycles. The van der Waals surface area contributed by atoms with Crippen molar-refractivity contribution in [2.75, 3.05) is 26.3 Å². The zero-order chi connectivity index (χ0) is 13.3. The van der Waals surface area contributed by atoms with Gasteiger partial charge in [-0.25, -0.2) is 4.39 Å². The quantitative estimate of drug-likeness (QED) is 0.832. The number of halogens is 2. The molecule has 0 aromatic heterocycles. The molecule has 0 N–H and O–H groups in total. The number of hydrogen-bond acceptors (Lipinski definition) is 3. The van der Waals surface area contributed by atoms with Gasteiger partial charge in [-0.15, -0.1) is 0 Å². The van der Waals surface area contributed by atoms with E-state index in [1.54, 1.807) is 6.07 Å². The van der Waals surface area contributed by atoms with Crippen LogP contribution in [0.25, 0.3) is 0 Å². The normalized spacial score (nSPS) is 23.1. The SMILES string of the molecule is Fc1cc(Br)cc(CN2CCCC3(C2)OCCO3)c1. The molecule has 0 atom stereocenters. The Balaban J connectivity index is 1.69. The summed E-state index contributed by atoms with van der Waals surface area (Å²) in [5.74, 6) is -0.618. The Hall–Kier alpha value is -0.490. The minimum absolute atomic E-state index is 0.204. The monoisotopic (exact) mass is 329 g/mol. The van der Waals surface area contributed by atoms with E-state index >= 15 is 0 Å². The van der Waals surface area contributed by atoms with Gasteiger partial charge >= 0.3 is 0 Å². The van der Waals surface area contributed by atoms with Crippen LogP contribution in [0, 0.1) is 5.82 Å². The third kappa shape index (κ3) is 3.16. The van der Waals surface area contributed by atoms with Gasteiger partial charge < -0.3 is 9.47 Å². The third-order valence-electron chi connectivity index (χ3n) is 3.64. The molecule has 2 fully saturated rings. The van der Waals surface area contributed by atoms with Crippen molar-refractivity contribution in [2.45, 2.75) is 25.2 Å². The summed E-state index contributed by atoms with van der Waals surface area (Å²) < 4.78 is 25.7. The van der Waals surface area contributed by atoms with E-state index in [4.69, 9.17) is 9.47 Å². The summed E-state index contributed by atoms with van der Waals surface area (Å²) in [6, 6.07) is 5.02. The number of piperidine rings is 1. The molecule has 0 saturated carbocycles. The summed E-state index contributed by atoms with van der Waals surface area (Å²) in [5.41, 5.74) is 0.974. The number of nitrogens with zero attached hydrogens (tertiary/aromatic N) is 1. The maximum atomic E-state index is 13.4. The largest absolute Gasteiger partial charge is 0.346 e. The van der Waals surface area contributed by atoms with E-state index in [1.165, 1.54) is 6.07 Å². The first kappa shape index (κ1) is 13.5. The van der Waals surface area contributed by atoms with Crippen LogP contribution >= 0.6 is 15.9 Å². The lowest BCUT2D eigenvalue weighted by Gasteiger charge is -2.38. The summed E-state index contributed by atoms with van der Waals surface area (Å²) in [4.78, 5) is 2.27. The maximum absolute atomic E-state index is 13.4. The van der Waals surface area contributed by atoms with Crippen LogP contribution in [0.1, 0.15) is 18.4 Å². The van der Waals surface area contributed by atoms with Crippen LogP contribution in [0.15, 0.2) is 22.7 Å². The minimum atomic E-state index is -0.414. The number of likely N-dealkylation sites (tertiary alicyclic amines) is 1. The second kappa shape index (κ2) is 5.48. The van der Waals surface area contributed by atoms with Crippen LogP contribution < -0.4 is 0 Å². The molecule has 104 valence electrons. The molecule has 1 aromatic carbocycles. The van der Waals surface area contributed by atoms with Crippen molar-refractivity contribution in [1.82, 2.24) is 4.90 Å². The van der Waals surface area contributed by atoms with Crippen molar-refractivity contribution in [2.24, 2.45) is 0 Å². The van der Waals surface area contributed by atoms with Crippen LogP contribution in [-0.4, -0.2) is 37.0 Å². The summed E-state index contributed by atoms with van der Waals surface area (Å²) in [5, 5.41) is 0. The highest BCUT2D eigenvalue weighted by Crippen LogP contribution is 2.31. The van der Waals surface area contributed by atoms with Crippen molar-refractivity contribution < 1.29 is 13.9 Å². The lowest BCUT2D eigenvalue weighted by Crippen LogP contribution is -2.48. The lowest BCUT2D eigenvalue weighted by molar-refractivity contribution is -0.190. The zero-order valence-electron chi connectivity index (χ0n) is 10.7. The highest BCUT2D eigenvalue weighted by Gasteiger charge is 2.40. The lowest BCUT2D eigenvalue weighted by atomic mass is 10.0. The Morgan fingerprint density at radius 2 is 2.05 bits per heavy atom. The predicted molar refractivity (Wildman–Crippen MR) is 73.2 cm³/mol. The highest BCUT2D eigenvalue weighted by molar-refractivity contribution is 9.10. The van der Waals surface area contributed by atoms with Gasteiger partial charge in [-0.3, -0.25) is 4.90 Å². The first-order chi connectivity index (χ1) is 9.15. The smallest absolute Gasteiger partial charge is 0.181 e. The topological polar surface area (TPSA) is 21.7 Å². The van der Waals surface area contributed by atoms with Gasteiger partial charge in [0.15, 0.2) is 5.79 Å². The summed E-state index contributed by atoms with van der Waals surface area (Å²) in [6.07, 6.45) is 2.01. The zero-order valence-corrected chi connectivity index (χ0v) is 12.3.